The largest absolute Gasteiger partial charge is 0.307 e. The van der Waals surface area contributed by atoms with Crippen LogP contribution < -0.4 is 10.9 Å². The fourth-order valence-electron chi connectivity index (χ4n) is 9.18. The average molecular weight is 628 g/mol. The van der Waals surface area contributed by atoms with Gasteiger partial charge < -0.3 is 4.40 Å². The maximum Gasteiger partial charge on any atom is 0.197 e. The summed E-state index contributed by atoms with van der Waals surface area (Å²) in [5, 5.41) is 2.78. The van der Waals surface area contributed by atoms with E-state index in [1.165, 1.54) is 22.3 Å². The number of hydrogen-bond acceptors (Lipinski definition) is 2. The number of pyridine rings is 2. The summed E-state index contributed by atoms with van der Waals surface area (Å²) >= 11 is 0. The van der Waals surface area contributed by atoms with Gasteiger partial charge in [-0.3, -0.25) is 9.59 Å². The number of aromatic nitrogens is 1. The molecule has 0 amide bonds. The fourth-order valence-corrected chi connectivity index (χ4v) is 9.18. The third-order valence-corrected chi connectivity index (χ3v) is 11.3. The maximum atomic E-state index is 15.3. The highest BCUT2D eigenvalue weighted by Gasteiger charge is 2.51. The van der Waals surface area contributed by atoms with Gasteiger partial charge in [-0.15, -0.1) is 0 Å². The molecule has 7 aromatic rings. The Labute approximate surface area is 281 Å². The quantitative estimate of drug-likeness (QED) is 0.124. The first kappa shape index (κ1) is 29.4. The van der Waals surface area contributed by atoms with E-state index in [9.17, 15) is 0 Å². The number of rotatable bonds is 0. The van der Waals surface area contributed by atoms with E-state index in [1.807, 2.05) is 0 Å². The van der Waals surface area contributed by atoms with Crippen molar-refractivity contribution in [1.82, 2.24) is 4.40 Å². The lowest BCUT2D eigenvalue weighted by atomic mass is 9.64. The van der Waals surface area contributed by atoms with Crippen LogP contribution in [0.2, 0.25) is 0 Å². The monoisotopic (exact) mass is 627 g/mol. The predicted molar refractivity (Wildman–Crippen MR) is 201 cm³/mol. The van der Waals surface area contributed by atoms with Gasteiger partial charge in [0, 0.05) is 10.8 Å². The molecular weight excluding hydrogens is 587 g/mol. The number of hydrogen-bond donors (Lipinski definition) is 0. The molecule has 3 nitrogen and oxygen atoms in total. The van der Waals surface area contributed by atoms with Crippen molar-refractivity contribution < 1.29 is 0 Å². The zero-order valence-electron chi connectivity index (χ0n) is 29.3. The molecule has 0 saturated carbocycles. The molecule has 5 aromatic carbocycles. The van der Waals surface area contributed by atoms with Gasteiger partial charge in [-0.1, -0.05) is 135 Å². The molecule has 9 rings (SSSR count). The van der Waals surface area contributed by atoms with E-state index < -0.39 is 5.41 Å². The first-order valence-corrected chi connectivity index (χ1v) is 17.2. The van der Waals surface area contributed by atoms with Crippen LogP contribution >= 0.6 is 0 Å². The first-order valence-electron chi connectivity index (χ1n) is 17.2. The highest BCUT2D eigenvalue weighted by molar-refractivity contribution is 6.13. The second-order valence-electron chi connectivity index (χ2n) is 17.3. The van der Waals surface area contributed by atoms with Gasteiger partial charge in [-0.05, 0) is 78.4 Å². The van der Waals surface area contributed by atoms with Crippen molar-refractivity contribution in [1.29, 1.82) is 0 Å². The van der Waals surface area contributed by atoms with Crippen molar-refractivity contribution in [3.63, 3.8) is 0 Å². The zero-order valence-corrected chi connectivity index (χ0v) is 29.3. The van der Waals surface area contributed by atoms with E-state index in [0.29, 0.717) is 10.8 Å². The van der Waals surface area contributed by atoms with Crippen LogP contribution in [0.5, 0.6) is 0 Å². The summed E-state index contributed by atoms with van der Waals surface area (Å²) in [7, 11) is 0. The van der Waals surface area contributed by atoms with Gasteiger partial charge in [0.25, 0.3) is 0 Å². The Bertz CT molecular complexity index is 2530. The molecule has 48 heavy (non-hydrogen) atoms. The first-order chi connectivity index (χ1) is 22.6. The third-order valence-electron chi connectivity index (χ3n) is 11.3. The minimum absolute atomic E-state index is 0.0109. The van der Waals surface area contributed by atoms with Gasteiger partial charge >= 0.3 is 0 Å². The number of benzene rings is 5. The second kappa shape index (κ2) is 8.82. The summed E-state index contributed by atoms with van der Waals surface area (Å²) in [4.78, 5) is 30.5. The third kappa shape index (κ3) is 3.35. The molecule has 0 fully saturated rings. The molecule has 3 heteroatoms. The van der Waals surface area contributed by atoms with E-state index in [4.69, 9.17) is 0 Å². The van der Waals surface area contributed by atoms with E-state index in [2.05, 4.69) is 152 Å². The summed E-state index contributed by atoms with van der Waals surface area (Å²) in [6.07, 6.45) is 0. The van der Waals surface area contributed by atoms with Gasteiger partial charge in [0.15, 0.2) is 10.9 Å². The van der Waals surface area contributed by atoms with E-state index in [0.717, 1.165) is 55.1 Å². The molecule has 1 aliphatic heterocycles. The fraction of sp³-hybridized carbons (Fsp3) is 0.289. The summed E-state index contributed by atoms with van der Waals surface area (Å²) < 4.78 is 2.34. The van der Waals surface area contributed by atoms with Gasteiger partial charge in [0.2, 0.25) is 0 Å². The lowest BCUT2D eigenvalue weighted by molar-refractivity contribution is 0.591. The molecule has 2 aliphatic rings. The van der Waals surface area contributed by atoms with Crippen LogP contribution in [-0.2, 0) is 21.7 Å². The van der Waals surface area contributed by atoms with Crippen LogP contribution in [0.1, 0.15) is 101 Å². The van der Waals surface area contributed by atoms with Gasteiger partial charge in [0.05, 0.1) is 32.7 Å². The van der Waals surface area contributed by atoms with Crippen molar-refractivity contribution in [3.05, 3.63) is 144 Å². The Hall–Kier alpha value is -4.76. The molecule has 0 atom stereocenters. The van der Waals surface area contributed by atoms with Crippen LogP contribution in [0.25, 0.3) is 49.2 Å². The summed E-state index contributed by atoms with van der Waals surface area (Å²) in [6, 6.07) is 30.6. The van der Waals surface area contributed by atoms with Crippen molar-refractivity contribution >= 4 is 38.1 Å². The molecule has 2 aromatic heterocycles. The van der Waals surface area contributed by atoms with Crippen molar-refractivity contribution in [2.24, 2.45) is 0 Å². The summed E-state index contributed by atoms with van der Waals surface area (Å²) in [6.45, 7) is 19.6. The lowest BCUT2D eigenvalue weighted by Gasteiger charge is -2.41. The SMILES string of the molecule is CC(C)(C)c1cc2c(=O)c3c(C(C)(C)C)ccc4c3n3c5c(ccc(C(C)(C)C)c5c(=O)c(c1)c23)C41c2ccccc2-c2ccccc21. The van der Waals surface area contributed by atoms with Gasteiger partial charge in [-0.2, -0.15) is 0 Å². The minimum atomic E-state index is -0.703. The molecule has 0 unspecified atom stereocenters. The van der Waals surface area contributed by atoms with E-state index >= 15 is 9.59 Å². The second-order valence-corrected chi connectivity index (χ2v) is 17.3. The zero-order chi connectivity index (χ0) is 33.9. The standard InChI is InChI=1S/C45H41NO2/c1-42(2,3)24-22-27-37-28(23-24)41(48)36-32(44(7,8)9)19-21-34-39(36)46(37)38-33(20-18-31(43(4,5)6)35(38)40(27)47)45(34)29-16-12-10-14-25(29)26-15-11-13-17-30(26)45/h10-23H,1-9H3. The highest BCUT2D eigenvalue weighted by Crippen LogP contribution is 2.60. The normalized spacial score (nSPS) is 15.1. The Morgan fingerprint density at radius 3 is 1.29 bits per heavy atom. The molecule has 1 spiro atoms. The lowest BCUT2D eigenvalue weighted by Crippen LogP contribution is -2.35. The molecular formula is C45H41NO2. The van der Waals surface area contributed by atoms with Crippen LogP contribution in [0.15, 0.2) is 94.5 Å². The van der Waals surface area contributed by atoms with Gasteiger partial charge in [-0.25, -0.2) is 0 Å². The number of fused-ring (bicyclic) bond motifs is 7. The molecule has 238 valence electrons. The van der Waals surface area contributed by atoms with Crippen molar-refractivity contribution in [3.8, 4) is 11.1 Å². The minimum Gasteiger partial charge on any atom is -0.307 e. The molecule has 1 aliphatic carbocycles. The Kier molecular flexibility index (Phi) is 5.40. The molecule has 3 heterocycles. The van der Waals surface area contributed by atoms with E-state index in [-0.39, 0.29) is 27.1 Å². The molecule has 0 saturated heterocycles. The Balaban J connectivity index is 1.70. The van der Waals surface area contributed by atoms with Crippen LogP contribution in [-0.4, -0.2) is 4.40 Å². The highest BCUT2D eigenvalue weighted by atomic mass is 16.1. The van der Waals surface area contributed by atoms with Crippen molar-refractivity contribution in [2.75, 3.05) is 0 Å². The summed E-state index contributed by atoms with van der Waals surface area (Å²) in [5.74, 6) is 0. The molecule has 0 bridgehead atoms. The van der Waals surface area contributed by atoms with Crippen LogP contribution in [0, 0.1) is 0 Å². The average Bonchev–Trinajstić information content (AvgIpc) is 3.32. The maximum absolute atomic E-state index is 15.3. The van der Waals surface area contributed by atoms with Gasteiger partial charge in [0.1, 0.15) is 0 Å². The summed E-state index contributed by atoms with van der Waals surface area (Å²) in [5.41, 5.74) is 11.2. The van der Waals surface area contributed by atoms with Crippen molar-refractivity contribution in [2.45, 2.75) is 84.0 Å². The topological polar surface area (TPSA) is 38.5 Å². The van der Waals surface area contributed by atoms with Crippen LogP contribution in [0.3, 0.4) is 0 Å². The Morgan fingerprint density at radius 2 is 0.896 bits per heavy atom. The van der Waals surface area contributed by atoms with Crippen LogP contribution in [0.4, 0.5) is 0 Å². The predicted octanol–water partition coefficient (Wildman–Crippen LogP) is 10.1. The number of nitrogens with zero attached hydrogens (tertiary/aromatic N) is 1. The molecule has 0 radical (unpaired) electrons. The Morgan fingerprint density at radius 1 is 0.479 bits per heavy atom. The smallest absolute Gasteiger partial charge is 0.197 e. The van der Waals surface area contributed by atoms with E-state index in [1.54, 1.807) is 0 Å². The molecule has 0 N–H and O–H groups in total.